The van der Waals surface area contributed by atoms with Crippen LogP contribution in [0.15, 0.2) is 47.6 Å². The summed E-state index contributed by atoms with van der Waals surface area (Å²) in [4.78, 5) is 36.0. The molecular formula is C22H23N3O5S. The number of thioether (sulfide) groups is 1. The number of nitrogens with zero attached hydrogens (tertiary/aromatic N) is 2. The molecule has 1 aliphatic rings. The van der Waals surface area contributed by atoms with E-state index in [1.165, 1.54) is 30.6 Å². The molecule has 0 aromatic heterocycles. The summed E-state index contributed by atoms with van der Waals surface area (Å²) >= 11 is 1.23. The van der Waals surface area contributed by atoms with E-state index in [0.29, 0.717) is 28.7 Å². The Hall–Kier alpha value is -3.33. The van der Waals surface area contributed by atoms with Gasteiger partial charge in [0.05, 0.1) is 12.2 Å². The average Bonchev–Trinajstić information content (AvgIpc) is 3.13. The molecule has 0 saturated heterocycles. The van der Waals surface area contributed by atoms with Crippen molar-refractivity contribution in [1.82, 2.24) is 10.3 Å². The second-order valence-corrected chi connectivity index (χ2v) is 7.89. The lowest BCUT2D eigenvalue weighted by atomic mass is 10.1. The zero-order valence-corrected chi connectivity index (χ0v) is 18.5. The van der Waals surface area contributed by atoms with Crippen LogP contribution in [0.5, 0.6) is 11.5 Å². The lowest BCUT2D eigenvalue weighted by Gasteiger charge is -2.20. The summed E-state index contributed by atoms with van der Waals surface area (Å²) in [5.41, 5.74) is 2.10. The molecular weight excluding hydrogens is 418 g/mol. The third kappa shape index (κ3) is 5.43. The normalized spacial score (nSPS) is 15.3. The zero-order valence-electron chi connectivity index (χ0n) is 17.7. The van der Waals surface area contributed by atoms with Gasteiger partial charge in [-0.2, -0.15) is 0 Å². The summed E-state index contributed by atoms with van der Waals surface area (Å²) in [6.45, 7) is 6.85. The molecule has 0 aliphatic carbocycles. The van der Waals surface area contributed by atoms with Gasteiger partial charge in [-0.3, -0.25) is 9.59 Å². The molecule has 1 heterocycles. The standard InChI is InChI=1S/C22H23N3O5S/c1-5-29-19-12-16(20-25(15(4)27)24-22(31-20)23-14(3)26)9-10-18(19)30-21(28)17-8-6-7-13(2)11-17/h6-12,20H,5H2,1-4H3,(H,23,24,26)/t20-/m0/s1. The Labute approximate surface area is 184 Å². The molecule has 0 bridgehead atoms. The van der Waals surface area contributed by atoms with Crippen LogP contribution in [0.3, 0.4) is 0 Å². The smallest absolute Gasteiger partial charge is 0.343 e. The van der Waals surface area contributed by atoms with Crippen LogP contribution in [0.25, 0.3) is 0 Å². The van der Waals surface area contributed by atoms with Gasteiger partial charge in [-0.05, 0) is 43.7 Å². The summed E-state index contributed by atoms with van der Waals surface area (Å²) in [5, 5.41) is 7.93. The Kier molecular flexibility index (Phi) is 6.96. The first-order valence-electron chi connectivity index (χ1n) is 9.66. The van der Waals surface area contributed by atoms with E-state index >= 15 is 0 Å². The van der Waals surface area contributed by atoms with Gasteiger partial charge in [0.25, 0.3) is 0 Å². The van der Waals surface area contributed by atoms with Gasteiger partial charge in [-0.15, -0.1) is 5.10 Å². The first kappa shape index (κ1) is 22.4. The molecule has 162 valence electrons. The number of hydrogen-bond acceptors (Lipinski definition) is 7. The van der Waals surface area contributed by atoms with Gasteiger partial charge in [-0.1, -0.05) is 35.5 Å². The van der Waals surface area contributed by atoms with Crippen LogP contribution in [0.1, 0.15) is 47.6 Å². The molecule has 9 heteroatoms. The van der Waals surface area contributed by atoms with Gasteiger partial charge in [0.15, 0.2) is 16.7 Å². The summed E-state index contributed by atoms with van der Waals surface area (Å²) in [6, 6.07) is 12.2. The van der Waals surface area contributed by atoms with E-state index in [1.807, 2.05) is 19.9 Å². The predicted molar refractivity (Wildman–Crippen MR) is 118 cm³/mol. The molecule has 2 amide bonds. The highest BCUT2D eigenvalue weighted by Crippen LogP contribution is 2.41. The van der Waals surface area contributed by atoms with Gasteiger partial charge in [-0.25, -0.2) is 9.80 Å². The Morgan fingerprint density at radius 2 is 1.90 bits per heavy atom. The van der Waals surface area contributed by atoms with Crippen LogP contribution in [0.2, 0.25) is 0 Å². The SMILES string of the molecule is CCOc1cc([C@@H]2SC(NC(C)=O)=NN2C(C)=O)ccc1OC(=O)c1cccc(C)c1. The highest BCUT2D eigenvalue weighted by Gasteiger charge is 2.33. The van der Waals surface area contributed by atoms with Crippen molar-refractivity contribution in [2.75, 3.05) is 6.61 Å². The van der Waals surface area contributed by atoms with Gasteiger partial charge in [0, 0.05) is 13.8 Å². The number of hydrazone groups is 1. The monoisotopic (exact) mass is 441 g/mol. The molecule has 1 atom stereocenters. The molecule has 31 heavy (non-hydrogen) atoms. The van der Waals surface area contributed by atoms with Gasteiger partial charge < -0.3 is 14.8 Å². The van der Waals surface area contributed by atoms with Crippen molar-refractivity contribution in [3.8, 4) is 11.5 Å². The second-order valence-electron chi connectivity index (χ2n) is 6.82. The first-order valence-corrected chi connectivity index (χ1v) is 10.5. The van der Waals surface area contributed by atoms with E-state index in [2.05, 4.69) is 10.4 Å². The maximum Gasteiger partial charge on any atom is 0.343 e. The number of nitrogens with one attached hydrogen (secondary N) is 1. The molecule has 0 spiro atoms. The lowest BCUT2D eigenvalue weighted by molar-refractivity contribution is -0.129. The van der Waals surface area contributed by atoms with Crippen LogP contribution in [-0.2, 0) is 9.59 Å². The summed E-state index contributed by atoms with van der Waals surface area (Å²) in [5.74, 6) is -0.389. The third-order valence-corrected chi connectivity index (χ3v) is 5.36. The minimum Gasteiger partial charge on any atom is -0.490 e. The number of carbonyl (C=O) groups excluding carboxylic acids is 3. The second kappa shape index (κ2) is 9.65. The summed E-state index contributed by atoms with van der Waals surface area (Å²) in [7, 11) is 0. The molecule has 0 radical (unpaired) electrons. The van der Waals surface area contributed by atoms with E-state index < -0.39 is 11.3 Å². The van der Waals surface area contributed by atoms with Crippen LogP contribution in [0, 0.1) is 6.92 Å². The van der Waals surface area contributed by atoms with Crippen LogP contribution < -0.4 is 14.8 Å². The number of rotatable bonds is 5. The largest absolute Gasteiger partial charge is 0.490 e. The summed E-state index contributed by atoms with van der Waals surface area (Å²) < 4.78 is 11.3. The highest BCUT2D eigenvalue weighted by atomic mass is 32.2. The fraction of sp³-hybridized carbons (Fsp3) is 0.273. The number of ether oxygens (including phenoxy) is 2. The fourth-order valence-electron chi connectivity index (χ4n) is 2.94. The Morgan fingerprint density at radius 1 is 1.13 bits per heavy atom. The molecule has 3 rings (SSSR count). The molecule has 0 unspecified atom stereocenters. The van der Waals surface area contributed by atoms with Crippen molar-refractivity contribution in [3.63, 3.8) is 0 Å². The van der Waals surface area contributed by atoms with E-state index in [0.717, 1.165) is 5.56 Å². The number of benzene rings is 2. The average molecular weight is 442 g/mol. The molecule has 2 aromatic carbocycles. The molecule has 8 nitrogen and oxygen atoms in total. The number of esters is 1. The van der Waals surface area contributed by atoms with Crippen molar-refractivity contribution in [3.05, 3.63) is 59.2 Å². The van der Waals surface area contributed by atoms with Crippen LogP contribution in [0.4, 0.5) is 0 Å². The number of aryl methyl sites for hydroxylation is 1. The van der Waals surface area contributed by atoms with Gasteiger partial charge in [0.2, 0.25) is 11.8 Å². The van der Waals surface area contributed by atoms with Crippen LogP contribution in [-0.4, -0.2) is 34.6 Å². The molecule has 2 aromatic rings. The van der Waals surface area contributed by atoms with E-state index in [9.17, 15) is 14.4 Å². The molecule has 1 N–H and O–H groups in total. The number of hydrogen-bond donors (Lipinski definition) is 1. The number of carbonyl (C=O) groups is 3. The maximum atomic E-state index is 12.6. The highest BCUT2D eigenvalue weighted by molar-refractivity contribution is 8.14. The number of amidine groups is 1. The minimum atomic E-state index is -0.491. The molecule has 0 saturated carbocycles. The Morgan fingerprint density at radius 3 is 2.55 bits per heavy atom. The summed E-state index contributed by atoms with van der Waals surface area (Å²) in [6.07, 6.45) is 0. The molecule has 0 fully saturated rings. The Bertz CT molecular complexity index is 1050. The van der Waals surface area contributed by atoms with Crippen LogP contribution >= 0.6 is 11.8 Å². The Balaban J connectivity index is 1.87. The topological polar surface area (TPSA) is 97.3 Å². The van der Waals surface area contributed by atoms with E-state index in [4.69, 9.17) is 9.47 Å². The minimum absolute atomic E-state index is 0.272. The zero-order chi connectivity index (χ0) is 22.5. The van der Waals surface area contributed by atoms with E-state index in [-0.39, 0.29) is 17.6 Å². The van der Waals surface area contributed by atoms with Crippen molar-refractivity contribution in [1.29, 1.82) is 0 Å². The number of amides is 2. The first-order chi connectivity index (χ1) is 14.8. The lowest BCUT2D eigenvalue weighted by Crippen LogP contribution is -2.25. The predicted octanol–water partition coefficient (Wildman–Crippen LogP) is 3.61. The third-order valence-electron chi connectivity index (χ3n) is 4.26. The maximum absolute atomic E-state index is 12.6. The van der Waals surface area contributed by atoms with Gasteiger partial charge in [0.1, 0.15) is 5.37 Å². The molecule has 1 aliphatic heterocycles. The van der Waals surface area contributed by atoms with Crippen molar-refractivity contribution >= 4 is 34.7 Å². The van der Waals surface area contributed by atoms with Crippen molar-refractivity contribution in [2.45, 2.75) is 33.1 Å². The van der Waals surface area contributed by atoms with Gasteiger partial charge >= 0.3 is 5.97 Å². The van der Waals surface area contributed by atoms with Crippen molar-refractivity contribution < 1.29 is 23.9 Å². The van der Waals surface area contributed by atoms with E-state index in [1.54, 1.807) is 36.4 Å². The van der Waals surface area contributed by atoms with Crippen molar-refractivity contribution in [2.24, 2.45) is 5.10 Å². The fourth-order valence-corrected chi connectivity index (χ4v) is 4.07. The quantitative estimate of drug-likeness (QED) is 0.562.